The minimum Gasteiger partial charge on any atom is -0.369 e. The first-order chi connectivity index (χ1) is 9.56. The van der Waals surface area contributed by atoms with Crippen molar-refractivity contribution in [1.29, 1.82) is 0 Å². The van der Waals surface area contributed by atoms with E-state index in [9.17, 15) is 9.59 Å². The van der Waals surface area contributed by atoms with Crippen LogP contribution in [0.3, 0.4) is 0 Å². The Bertz CT molecular complexity index is 529. The molecule has 1 saturated heterocycles. The Morgan fingerprint density at radius 1 is 1.30 bits per heavy atom. The zero-order valence-corrected chi connectivity index (χ0v) is 11.7. The number of nitrogens with zero attached hydrogens (tertiary/aromatic N) is 1. The van der Waals surface area contributed by atoms with E-state index in [4.69, 9.17) is 5.73 Å². The highest BCUT2D eigenvalue weighted by Gasteiger charge is 2.24. The molecule has 1 aromatic carbocycles. The first kappa shape index (κ1) is 14.3. The van der Waals surface area contributed by atoms with Gasteiger partial charge in [-0.25, -0.2) is 0 Å². The van der Waals surface area contributed by atoms with Gasteiger partial charge in [0, 0.05) is 25.1 Å². The second-order valence-corrected chi connectivity index (χ2v) is 5.25. The molecule has 0 spiro atoms. The van der Waals surface area contributed by atoms with Gasteiger partial charge in [0.1, 0.15) is 0 Å². The van der Waals surface area contributed by atoms with Crippen molar-refractivity contribution < 1.29 is 9.59 Å². The molecule has 1 heterocycles. The normalized spacial score (nSPS) is 16.6. The number of hydrogen-bond acceptors (Lipinski definition) is 2. The minimum absolute atomic E-state index is 0.00516. The van der Waals surface area contributed by atoms with E-state index < -0.39 is 0 Å². The molecule has 2 amide bonds. The number of piperidine rings is 1. The van der Waals surface area contributed by atoms with Crippen molar-refractivity contribution in [2.75, 3.05) is 13.1 Å². The van der Waals surface area contributed by atoms with E-state index >= 15 is 0 Å². The molecule has 0 unspecified atom stereocenters. The molecule has 0 saturated carbocycles. The van der Waals surface area contributed by atoms with Crippen molar-refractivity contribution in [3.05, 3.63) is 41.5 Å². The standard InChI is InChI=1S/C16H20N2O2/c1-12-3-2-4-13(11-12)5-6-15(19)18-9-7-14(8-10-18)16(17)20/h2-6,11,14H,7-10H2,1H3,(H2,17,20)/b6-5+. The topological polar surface area (TPSA) is 63.4 Å². The summed E-state index contributed by atoms with van der Waals surface area (Å²) in [6.07, 6.45) is 4.76. The van der Waals surface area contributed by atoms with Crippen LogP contribution in [0.4, 0.5) is 0 Å². The molecule has 4 heteroatoms. The van der Waals surface area contributed by atoms with Crippen molar-refractivity contribution >= 4 is 17.9 Å². The summed E-state index contributed by atoms with van der Waals surface area (Å²) in [5, 5.41) is 0. The number of nitrogens with two attached hydrogens (primary N) is 1. The average molecular weight is 272 g/mol. The van der Waals surface area contributed by atoms with Gasteiger partial charge in [0.2, 0.25) is 11.8 Å². The highest BCUT2D eigenvalue weighted by molar-refractivity contribution is 5.92. The number of amides is 2. The van der Waals surface area contributed by atoms with E-state index in [1.54, 1.807) is 11.0 Å². The highest BCUT2D eigenvalue weighted by atomic mass is 16.2. The molecule has 0 aliphatic carbocycles. The Balaban J connectivity index is 1.91. The van der Waals surface area contributed by atoms with E-state index in [1.807, 2.05) is 37.3 Å². The summed E-state index contributed by atoms with van der Waals surface area (Å²) in [5.41, 5.74) is 7.47. The maximum atomic E-state index is 12.1. The van der Waals surface area contributed by atoms with Crippen molar-refractivity contribution in [3.63, 3.8) is 0 Å². The van der Waals surface area contributed by atoms with Gasteiger partial charge in [0.05, 0.1) is 0 Å². The number of likely N-dealkylation sites (tertiary alicyclic amines) is 1. The number of rotatable bonds is 3. The van der Waals surface area contributed by atoms with Crippen LogP contribution in [-0.2, 0) is 9.59 Å². The van der Waals surface area contributed by atoms with Gasteiger partial charge in [-0.3, -0.25) is 9.59 Å². The average Bonchev–Trinajstić information content (AvgIpc) is 2.45. The van der Waals surface area contributed by atoms with E-state index in [-0.39, 0.29) is 17.7 Å². The molecule has 1 aliphatic rings. The van der Waals surface area contributed by atoms with E-state index in [0.717, 1.165) is 5.56 Å². The van der Waals surface area contributed by atoms with Crippen molar-refractivity contribution in [3.8, 4) is 0 Å². The lowest BCUT2D eigenvalue weighted by atomic mass is 9.96. The minimum atomic E-state index is -0.257. The molecule has 4 nitrogen and oxygen atoms in total. The van der Waals surface area contributed by atoms with Gasteiger partial charge in [0.25, 0.3) is 0 Å². The first-order valence-electron chi connectivity index (χ1n) is 6.89. The summed E-state index contributed by atoms with van der Waals surface area (Å²) in [5.74, 6) is -0.346. The molecule has 1 aliphatic heterocycles. The largest absolute Gasteiger partial charge is 0.369 e. The smallest absolute Gasteiger partial charge is 0.246 e. The number of benzene rings is 1. The lowest BCUT2D eigenvalue weighted by Gasteiger charge is -2.29. The maximum Gasteiger partial charge on any atom is 0.246 e. The molecule has 2 N–H and O–H groups in total. The van der Waals surface area contributed by atoms with Crippen LogP contribution in [0, 0.1) is 12.8 Å². The van der Waals surface area contributed by atoms with Crippen molar-refractivity contribution in [2.24, 2.45) is 11.7 Å². The zero-order chi connectivity index (χ0) is 14.5. The third-order valence-corrected chi connectivity index (χ3v) is 3.67. The Kier molecular flexibility index (Phi) is 4.56. The van der Waals surface area contributed by atoms with Crippen LogP contribution >= 0.6 is 0 Å². The number of aryl methyl sites for hydroxylation is 1. The fourth-order valence-corrected chi connectivity index (χ4v) is 2.43. The number of carbonyl (C=O) groups excluding carboxylic acids is 2. The molecule has 0 bridgehead atoms. The number of carbonyl (C=O) groups is 2. The quantitative estimate of drug-likeness (QED) is 0.852. The monoisotopic (exact) mass is 272 g/mol. The Morgan fingerprint density at radius 2 is 2.00 bits per heavy atom. The summed E-state index contributed by atoms with van der Waals surface area (Å²) in [6.45, 7) is 3.23. The molecule has 20 heavy (non-hydrogen) atoms. The molecule has 0 radical (unpaired) electrons. The van der Waals surface area contributed by atoms with Gasteiger partial charge in [-0.2, -0.15) is 0 Å². The second kappa shape index (κ2) is 6.37. The lowest BCUT2D eigenvalue weighted by molar-refractivity contribution is -0.130. The fraction of sp³-hybridized carbons (Fsp3) is 0.375. The Hall–Kier alpha value is -2.10. The summed E-state index contributed by atoms with van der Waals surface area (Å²) < 4.78 is 0. The van der Waals surface area contributed by atoms with Gasteiger partial charge in [-0.05, 0) is 31.4 Å². The van der Waals surface area contributed by atoms with Crippen LogP contribution in [0.5, 0.6) is 0 Å². The lowest BCUT2D eigenvalue weighted by Crippen LogP contribution is -2.41. The number of hydrogen-bond donors (Lipinski definition) is 1. The predicted octanol–water partition coefficient (Wildman–Crippen LogP) is 1.73. The van der Waals surface area contributed by atoms with Crippen LogP contribution in [0.25, 0.3) is 6.08 Å². The SMILES string of the molecule is Cc1cccc(/C=C/C(=O)N2CCC(C(N)=O)CC2)c1. The van der Waals surface area contributed by atoms with Gasteiger partial charge in [-0.15, -0.1) is 0 Å². The predicted molar refractivity (Wildman–Crippen MR) is 78.7 cm³/mol. The third-order valence-electron chi connectivity index (χ3n) is 3.67. The van der Waals surface area contributed by atoms with E-state index in [2.05, 4.69) is 0 Å². The van der Waals surface area contributed by atoms with Crippen molar-refractivity contribution in [1.82, 2.24) is 4.90 Å². The summed E-state index contributed by atoms with van der Waals surface area (Å²) in [6, 6.07) is 7.99. The maximum absolute atomic E-state index is 12.1. The molecule has 0 aromatic heterocycles. The fourth-order valence-electron chi connectivity index (χ4n) is 2.43. The molecule has 2 rings (SSSR count). The molecule has 0 atom stereocenters. The molecule has 1 fully saturated rings. The zero-order valence-electron chi connectivity index (χ0n) is 11.7. The van der Waals surface area contributed by atoms with Crippen LogP contribution in [-0.4, -0.2) is 29.8 Å². The van der Waals surface area contributed by atoms with Gasteiger partial charge in [-0.1, -0.05) is 29.8 Å². The summed E-state index contributed by atoms with van der Waals surface area (Å²) in [4.78, 5) is 24.9. The molecular weight excluding hydrogens is 252 g/mol. The molecule has 106 valence electrons. The summed E-state index contributed by atoms with van der Waals surface area (Å²) >= 11 is 0. The van der Waals surface area contributed by atoms with E-state index in [0.29, 0.717) is 25.9 Å². The van der Waals surface area contributed by atoms with Gasteiger partial charge >= 0.3 is 0 Å². The van der Waals surface area contributed by atoms with Crippen LogP contribution < -0.4 is 5.73 Å². The Labute approximate surface area is 119 Å². The first-order valence-corrected chi connectivity index (χ1v) is 6.89. The molecular formula is C16H20N2O2. The van der Waals surface area contributed by atoms with E-state index in [1.165, 1.54) is 5.56 Å². The van der Waals surface area contributed by atoms with Gasteiger partial charge in [0.15, 0.2) is 0 Å². The Morgan fingerprint density at radius 3 is 2.60 bits per heavy atom. The van der Waals surface area contributed by atoms with Crippen LogP contribution in [0.1, 0.15) is 24.0 Å². The van der Waals surface area contributed by atoms with Gasteiger partial charge < -0.3 is 10.6 Å². The van der Waals surface area contributed by atoms with Crippen LogP contribution in [0.15, 0.2) is 30.3 Å². The third kappa shape index (κ3) is 3.70. The highest BCUT2D eigenvalue weighted by Crippen LogP contribution is 2.17. The summed E-state index contributed by atoms with van der Waals surface area (Å²) in [7, 11) is 0. The second-order valence-electron chi connectivity index (χ2n) is 5.25. The van der Waals surface area contributed by atoms with Crippen LogP contribution in [0.2, 0.25) is 0 Å². The van der Waals surface area contributed by atoms with Crippen molar-refractivity contribution in [2.45, 2.75) is 19.8 Å². The number of primary amides is 1. The molecule has 1 aromatic rings.